The van der Waals surface area contributed by atoms with Crippen LogP contribution in [0, 0.1) is 0 Å². The third kappa shape index (κ3) is 2.43. The van der Waals surface area contributed by atoms with E-state index in [1.807, 2.05) is 0 Å². The summed E-state index contributed by atoms with van der Waals surface area (Å²) in [6, 6.07) is 0.480. The predicted octanol–water partition coefficient (Wildman–Crippen LogP) is 0.173. The average Bonchev–Trinajstić information content (AvgIpc) is 3.06. The van der Waals surface area contributed by atoms with Crippen LogP contribution in [0.3, 0.4) is 0 Å². The molecule has 2 N–H and O–H groups in total. The molecule has 0 aliphatic carbocycles. The van der Waals surface area contributed by atoms with Crippen molar-refractivity contribution in [3.05, 3.63) is 16.3 Å². The number of amides is 1. The van der Waals surface area contributed by atoms with Gasteiger partial charge in [0.2, 0.25) is 15.9 Å². The number of sulfonamides is 1. The molecule has 110 valence electrons. The molecule has 0 unspecified atom stereocenters. The van der Waals surface area contributed by atoms with E-state index in [1.165, 1.54) is 18.6 Å². The van der Waals surface area contributed by atoms with E-state index in [2.05, 4.69) is 4.74 Å². The third-order valence-electron chi connectivity index (χ3n) is 3.12. The van der Waals surface area contributed by atoms with Crippen molar-refractivity contribution in [3.63, 3.8) is 0 Å². The normalized spacial score (nSPS) is 19.9. The average molecular weight is 318 g/mol. The largest absolute Gasteiger partial charge is 0.465 e. The molecule has 1 saturated heterocycles. The van der Waals surface area contributed by atoms with Gasteiger partial charge < -0.3 is 10.5 Å². The van der Waals surface area contributed by atoms with Crippen LogP contribution >= 0.6 is 11.3 Å². The maximum Gasteiger partial charge on any atom is 0.349 e. The van der Waals surface area contributed by atoms with E-state index in [0.29, 0.717) is 12.8 Å². The standard InChI is InChI=1S/C11H14N2O5S2/c1-18-11(15)9-8(4-6-19-9)20(16,17)13-5-2-3-7(13)10(12)14/h4,6-7H,2-3,5H2,1H3,(H2,12,14)/t7-/m0/s1. The maximum absolute atomic E-state index is 12.6. The molecule has 1 aromatic heterocycles. The van der Waals surface area contributed by atoms with E-state index in [1.54, 1.807) is 0 Å². The number of hydrogen-bond acceptors (Lipinski definition) is 6. The van der Waals surface area contributed by atoms with E-state index in [0.717, 1.165) is 15.6 Å². The molecule has 2 heterocycles. The van der Waals surface area contributed by atoms with Gasteiger partial charge in [0.25, 0.3) is 0 Å². The van der Waals surface area contributed by atoms with Gasteiger partial charge >= 0.3 is 5.97 Å². The summed E-state index contributed by atoms with van der Waals surface area (Å²) in [5, 5.41) is 1.49. The summed E-state index contributed by atoms with van der Waals surface area (Å²) >= 11 is 0.981. The fourth-order valence-electron chi connectivity index (χ4n) is 2.18. The van der Waals surface area contributed by atoms with Crippen LogP contribution in [-0.4, -0.2) is 44.3 Å². The van der Waals surface area contributed by atoms with Crippen LogP contribution in [0.5, 0.6) is 0 Å². The minimum atomic E-state index is -3.93. The van der Waals surface area contributed by atoms with Gasteiger partial charge in [0.15, 0.2) is 0 Å². The minimum Gasteiger partial charge on any atom is -0.465 e. The van der Waals surface area contributed by atoms with Crippen LogP contribution in [0.1, 0.15) is 22.5 Å². The number of hydrogen-bond donors (Lipinski definition) is 1. The summed E-state index contributed by atoms with van der Waals surface area (Å²) in [6.07, 6.45) is 0.955. The smallest absolute Gasteiger partial charge is 0.349 e. The molecule has 0 bridgehead atoms. The highest BCUT2D eigenvalue weighted by atomic mass is 32.2. The Morgan fingerprint density at radius 1 is 1.50 bits per heavy atom. The van der Waals surface area contributed by atoms with Gasteiger partial charge in [-0.1, -0.05) is 0 Å². The first-order valence-electron chi connectivity index (χ1n) is 5.86. The number of nitrogens with two attached hydrogens (primary N) is 1. The van der Waals surface area contributed by atoms with Crippen LogP contribution in [0.4, 0.5) is 0 Å². The van der Waals surface area contributed by atoms with Crippen molar-refractivity contribution < 1.29 is 22.7 Å². The highest BCUT2D eigenvalue weighted by Crippen LogP contribution is 2.30. The van der Waals surface area contributed by atoms with Crippen LogP contribution in [-0.2, 0) is 19.6 Å². The molecule has 0 radical (unpaired) electrons. The second kappa shape index (κ2) is 5.51. The maximum atomic E-state index is 12.6. The van der Waals surface area contributed by atoms with Crippen LogP contribution in [0.2, 0.25) is 0 Å². The monoisotopic (exact) mass is 318 g/mol. The van der Waals surface area contributed by atoms with Crippen molar-refractivity contribution in [1.29, 1.82) is 0 Å². The minimum absolute atomic E-state index is 0.00243. The fourth-order valence-corrected chi connectivity index (χ4v) is 5.16. The number of methoxy groups -OCH3 is 1. The second-order valence-corrected chi connectivity index (χ2v) is 7.06. The highest BCUT2D eigenvalue weighted by Gasteiger charge is 2.40. The molecule has 0 saturated carbocycles. The quantitative estimate of drug-likeness (QED) is 0.797. The van der Waals surface area contributed by atoms with Gasteiger partial charge in [-0.2, -0.15) is 4.31 Å². The number of primary amides is 1. The number of carbonyl (C=O) groups is 2. The fraction of sp³-hybridized carbons (Fsp3) is 0.455. The zero-order valence-electron chi connectivity index (χ0n) is 10.7. The van der Waals surface area contributed by atoms with Crippen LogP contribution < -0.4 is 5.73 Å². The molecule has 1 amide bonds. The Labute approximate surface area is 120 Å². The van der Waals surface area contributed by atoms with Crippen molar-refractivity contribution in [2.45, 2.75) is 23.8 Å². The number of thiophene rings is 1. The second-order valence-electron chi connectivity index (χ2n) is 4.28. The molecular formula is C11H14N2O5S2. The SMILES string of the molecule is COC(=O)c1sccc1S(=O)(=O)N1CCC[C@H]1C(N)=O. The van der Waals surface area contributed by atoms with E-state index in [4.69, 9.17) is 5.73 Å². The Bertz CT molecular complexity index is 637. The molecular weight excluding hydrogens is 304 g/mol. The summed E-state index contributed by atoms with van der Waals surface area (Å²) < 4.78 is 30.8. The molecule has 0 aromatic carbocycles. The Balaban J connectivity index is 2.43. The molecule has 20 heavy (non-hydrogen) atoms. The lowest BCUT2D eigenvalue weighted by atomic mass is 10.2. The Morgan fingerprint density at radius 3 is 2.80 bits per heavy atom. The molecule has 7 nitrogen and oxygen atoms in total. The Hall–Kier alpha value is -1.45. The van der Waals surface area contributed by atoms with Crippen molar-refractivity contribution in [2.24, 2.45) is 5.73 Å². The number of esters is 1. The van der Waals surface area contributed by atoms with E-state index in [-0.39, 0.29) is 16.3 Å². The Morgan fingerprint density at radius 2 is 2.20 bits per heavy atom. The Kier molecular flexibility index (Phi) is 4.11. The molecule has 2 rings (SSSR count). The summed E-state index contributed by atoms with van der Waals surface area (Å²) in [5.74, 6) is -1.39. The summed E-state index contributed by atoms with van der Waals surface area (Å²) in [5.41, 5.74) is 5.23. The van der Waals surface area contributed by atoms with E-state index < -0.39 is 27.9 Å². The molecule has 1 fully saturated rings. The third-order valence-corrected chi connectivity index (χ3v) is 6.09. The lowest BCUT2D eigenvalue weighted by molar-refractivity contribution is -0.121. The van der Waals surface area contributed by atoms with Crippen LogP contribution in [0.25, 0.3) is 0 Å². The number of carbonyl (C=O) groups excluding carboxylic acids is 2. The zero-order valence-corrected chi connectivity index (χ0v) is 12.4. The van der Waals surface area contributed by atoms with Gasteiger partial charge in [-0.05, 0) is 24.3 Å². The first-order valence-corrected chi connectivity index (χ1v) is 8.18. The number of rotatable bonds is 4. The van der Waals surface area contributed by atoms with Gasteiger partial charge in [-0.25, -0.2) is 13.2 Å². The summed E-state index contributed by atoms with van der Waals surface area (Å²) in [7, 11) is -2.75. The summed E-state index contributed by atoms with van der Waals surface area (Å²) in [4.78, 5) is 22.8. The highest BCUT2D eigenvalue weighted by molar-refractivity contribution is 7.89. The zero-order chi connectivity index (χ0) is 14.9. The molecule has 9 heteroatoms. The van der Waals surface area contributed by atoms with Gasteiger partial charge in [0.05, 0.1) is 7.11 Å². The van der Waals surface area contributed by atoms with Gasteiger partial charge in [-0.3, -0.25) is 4.79 Å². The molecule has 0 spiro atoms. The number of nitrogens with zero attached hydrogens (tertiary/aromatic N) is 1. The van der Waals surface area contributed by atoms with Gasteiger partial charge in [0.1, 0.15) is 15.8 Å². The molecule has 1 atom stereocenters. The van der Waals surface area contributed by atoms with E-state index >= 15 is 0 Å². The molecule has 1 aliphatic heterocycles. The first-order chi connectivity index (χ1) is 9.39. The first kappa shape index (κ1) is 14.9. The van der Waals surface area contributed by atoms with Crippen molar-refractivity contribution in [2.75, 3.05) is 13.7 Å². The topological polar surface area (TPSA) is 107 Å². The van der Waals surface area contributed by atoms with Gasteiger partial charge in [-0.15, -0.1) is 11.3 Å². The summed E-state index contributed by atoms with van der Waals surface area (Å²) in [6.45, 7) is 0.215. The predicted molar refractivity (Wildman–Crippen MR) is 71.8 cm³/mol. The van der Waals surface area contributed by atoms with Gasteiger partial charge in [0, 0.05) is 6.54 Å². The number of ether oxygens (including phenoxy) is 1. The van der Waals surface area contributed by atoms with E-state index in [9.17, 15) is 18.0 Å². The molecule has 1 aromatic rings. The van der Waals surface area contributed by atoms with Crippen molar-refractivity contribution in [3.8, 4) is 0 Å². The lowest BCUT2D eigenvalue weighted by Gasteiger charge is -2.21. The van der Waals surface area contributed by atoms with Crippen molar-refractivity contribution >= 4 is 33.2 Å². The van der Waals surface area contributed by atoms with Crippen LogP contribution in [0.15, 0.2) is 16.3 Å². The lowest BCUT2D eigenvalue weighted by Crippen LogP contribution is -2.43. The van der Waals surface area contributed by atoms with Crippen molar-refractivity contribution in [1.82, 2.24) is 4.31 Å². The molecule has 1 aliphatic rings.